The summed E-state index contributed by atoms with van der Waals surface area (Å²) in [7, 11) is 1.52. The summed E-state index contributed by atoms with van der Waals surface area (Å²) in [6.45, 7) is 1.41. The second-order valence-corrected chi connectivity index (χ2v) is 4.38. The second-order valence-electron chi connectivity index (χ2n) is 4.38. The number of anilines is 3. The van der Waals surface area contributed by atoms with Gasteiger partial charge in [0, 0.05) is 18.7 Å². The summed E-state index contributed by atoms with van der Waals surface area (Å²) in [4.78, 5) is 25.1. The SMILES string of the molecule is COc1ccc(NC(C)=O)cc1Nc1ccc([N+](=O)[O-])cn1. The molecule has 0 spiro atoms. The van der Waals surface area contributed by atoms with Crippen molar-refractivity contribution in [2.45, 2.75) is 6.92 Å². The molecule has 0 fully saturated rings. The van der Waals surface area contributed by atoms with E-state index < -0.39 is 4.92 Å². The molecule has 1 aromatic carbocycles. The largest absolute Gasteiger partial charge is 0.495 e. The summed E-state index contributed by atoms with van der Waals surface area (Å²) >= 11 is 0. The third-order valence-electron chi connectivity index (χ3n) is 2.74. The number of benzene rings is 1. The number of hydrogen-bond donors (Lipinski definition) is 2. The van der Waals surface area contributed by atoms with Gasteiger partial charge in [0.25, 0.3) is 5.69 Å². The zero-order valence-corrected chi connectivity index (χ0v) is 12.0. The van der Waals surface area contributed by atoms with Crippen LogP contribution in [0.5, 0.6) is 5.75 Å². The van der Waals surface area contributed by atoms with Crippen LogP contribution in [0.4, 0.5) is 22.9 Å². The van der Waals surface area contributed by atoms with E-state index in [0.29, 0.717) is 22.9 Å². The molecular formula is C14H14N4O4. The average Bonchev–Trinajstić information content (AvgIpc) is 2.47. The first-order valence-electron chi connectivity index (χ1n) is 6.32. The zero-order chi connectivity index (χ0) is 16.1. The van der Waals surface area contributed by atoms with Gasteiger partial charge in [0.05, 0.1) is 17.7 Å². The molecule has 2 aromatic rings. The van der Waals surface area contributed by atoms with Crippen LogP contribution < -0.4 is 15.4 Å². The van der Waals surface area contributed by atoms with Gasteiger partial charge in [-0.15, -0.1) is 0 Å². The van der Waals surface area contributed by atoms with Gasteiger partial charge in [0.2, 0.25) is 5.91 Å². The highest BCUT2D eigenvalue weighted by atomic mass is 16.6. The molecule has 0 saturated heterocycles. The molecular weight excluding hydrogens is 288 g/mol. The number of nitrogens with one attached hydrogen (secondary N) is 2. The number of hydrogen-bond acceptors (Lipinski definition) is 6. The lowest BCUT2D eigenvalue weighted by Crippen LogP contribution is -2.06. The maximum Gasteiger partial charge on any atom is 0.287 e. The molecule has 1 amide bonds. The first kappa shape index (κ1) is 15.2. The topological polar surface area (TPSA) is 106 Å². The first-order valence-corrected chi connectivity index (χ1v) is 6.32. The van der Waals surface area contributed by atoms with Crippen LogP contribution >= 0.6 is 0 Å². The molecule has 2 rings (SSSR count). The van der Waals surface area contributed by atoms with E-state index in [1.807, 2.05) is 0 Å². The van der Waals surface area contributed by atoms with Crippen LogP contribution in [0, 0.1) is 10.1 Å². The Balaban J connectivity index is 2.26. The van der Waals surface area contributed by atoms with Gasteiger partial charge in [-0.1, -0.05) is 0 Å². The number of pyridine rings is 1. The number of ether oxygens (including phenoxy) is 1. The van der Waals surface area contributed by atoms with Gasteiger partial charge in [0.15, 0.2) is 0 Å². The fraction of sp³-hybridized carbons (Fsp3) is 0.143. The normalized spacial score (nSPS) is 9.91. The number of nitro groups is 1. The minimum Gasteiger partial charge on any atom is -0.495 e. The lowest BCUT2D eigenvalue weighted by atomic mass is 10.2. The van der Waals surface area contributed by atoms with Crippen molar-refractivity contribution in [3.05, 3.63) is 46.6 Å². The Morgan fingerprint density at radius 2 is 2.09 bits per heavy atom. The van der Waals surface area contributed by atoms with Crippen LogP contribution in [-0.2, 0) is 4.79 Å². The summed E-state index contributed by atoms with van der Waals surface area (Å²) in [5.41, 5.74) is 1.08. The zero-order valence-electron chi connectivity index (χ0n) is 12.0. The summed E-state index contributed by atoms with van der Waals surface area (Å²) in [6, 6.07) is 7.92. The fourth-order valence-corrected chi connectivity index (χ4v) is 1.79. The second kappa shape index (κ2) is 6.53. The molecule has 8 heteroatoms. The predicted octanol–water partition coefficient (Wildman–Crippen LogP) is 2.70. The summed E-state index contributed by atoms with van der Waals surface area (Å²) in [5.74, 6) is 0.780. The summed E-state index contributed by atoms with van der Waals surface area (Å²) in [6.07, 6.45) is 1.16. The van der Waals surface area contributed by atoms with E-state index in [4.69, 9.17) is 4.74 Å². The van der Waals surface area contributed by atoms with Crippen LogP contribution in [0.25, 0.3) is 0 Å². The first-order chi connectivity index (χ1) is 10.5. The number of aromatic nitrogens is 1. The van der Waals surface area contributed by atoms with E-state index in [0.717, 1.165) is 6.20 Å². The van der Waals surface area contributed by atoms with Crippen molar-refractivity contribution in [3.63, 3.8) is 0 Å². The molecule has 0 saturated carbocycles. The minimum atomic E-state index is -0.519. The summed E-state index contributed by atoms with van der Waals surface area (Å²) < 4.78 is 5.23. The standard InChI is InChI=1S/C14H14N4O4/c1-9(19)16-10-3-5-13(22-2)12(7-10)17-14-6-4-11(8-15-14)18(20)21/h3-8H,1-2H3,(H,15,17)(H,16,19). The van der Waals surface area contributed by atoms with E-state index in [9.17, 15) is 14.9 Å². The van der Waals surface area contributed by atoms with Crippen molar-refractivity contribution >= 4 is 28.8 Å². The molecule has 1 heterocycles. The van der Waals surface area contributed by atoms with E-state index in [1.165, 1.54) is 26.2 Å². The quantitative estimate of drug-likeness (QED) is 0.649. The predicted molar refractivity (Wildman–Crippen MR) is 81.5 cm³/mol. The van der Waals surface area contributed by atoms with Crippen LogP contribution in [0.1, 0.15) is 6.92 Å². The molecule has 0 aliphatic heterocycles. The highest BCUT2D eigenvalue weighted by Gasteiger charge is 2.09. The van der Waals surface area contributed by atoms with Crippen molar-refractivity contribution in [1.29, 1.82) is 0 Å². The molecule has 0 aliphatic rings. The molecule has 0 atom stereocenters. The third-order valence-corrected chi connectivity index (χ3v) is 2.74. The smallest absolute Gasteiger partial charge is 0.287 e. The van der Waals surface area contributed by atoms with Crippen molar-refractivity contribution in [2.24, 2.45) is 0 Å². The fourth-order valence-electron chi connectivity index (χ4n) is 1.79. The maximum atomic E-state index is 11.1. The van der Waals surface area contributed by atoms with Gasteiger partial charge < -0.3 is 15.4 Å². The molecule has 1 aromatic heterocycles. The Labute approximate surface area is 126 Å². The van der Waals surface area contributed by atoms with Crippen LogP contribution in [0.2, 0.25) is 0 Å². The van der Waals surface area contributed by atoms with Crippen LogP contribution in [-0.4, -0.2) is 22.9 Å². The average molecular weight is 302 g/mol. The van der Waals surface area contributed by atoms with Gasteiger partial charge in [-0.05, 0) is 24.3 Å². The Bertz CT molecular complexity index is 700. The highest BCUT2D eigenvalue weighted by molar-refractivity contribution is 5.89. The molecule has 0 unspecified atom stereocenters. The van der Waals surface area contributed by atoms with Crippen molar-refractivity contribution in [2.75, 3.05) is 17.7 Å². The Morgan fingerprint density at radius 1 is 1.32 bits per heavy atom. The number of nitrogens with zero attached hydrogens (tertiary/aromatic N) is 2. The lowest BCUT2D eigenvalue weighted by molar-refractivity contribution is -0.385. The van der Waals surface area contributed by atoms with Crippen molar-refractivity contribution in [1.82, 2.24) is 4.98 Å². The van der Waals surface area contributed by atoms with Gasteiger partial charge in [-0.25, -0.2) is 4.98 Å². The highest BCUT2D eigenvalue weighted by Crippen LogP contribution is 2.30. The van der Waals surface area contributed by atoms with Gasteiger partial charge >= 0.3 is 0 Å². The van der Waals surface area contributed by atoms with Crippen molar-refractivity contribution in [3.8, 4) is 5.75 Å². The Kier molecular flexibility index (Phi) is 4.52. The monoisotopic (exact) mass is 302 g/mol. The number of rotatable bonds is 5. The van der Waals surface area contributed by atoms with Gasteiger partial charge in [0.1, 0.15) is 17.8 Å². The molecule has 22 heavy (non-hydrogen) atoms. The van der Waals surface area contributed by atoms with Gasteiger partial charge in [-0.3, -0.25) is 14.9 Å². The van der Waals surface area contributed by atoms with E-state index in [1.54, 1.807) is 18.2 Å². The molecule has 2 N–H and O–H groups in total. The minimum absolute atomic E-state index is 0.0930. The number of methoxy groups -OCH3 is 1. The van der Waals surface area contributed by atoms with Crippen molar-refractivity contribution < 1.29 is 14.5 Å². The van der Waals surface area contributed by atoms with Crippen LogP contribution in [0.3, 0.4) is 0 Å². The Hall–Kier alpha value is -3.16. The molecule has 0 aliphatic carbocycles. The van der Waals surface area contributed by atoms with E-state index >= 15 is 0 Å². The van der Waals surface area contributed by atoms with E-state index in [2.05, 4.69) is 15.6 Å². The Morgan fingerprint density at radius 3 is 2.64 bits per heavy atom. The molecule has 0 bridgehead atoms. The molecule has 0 radical (unpaired) electrons. The lowest BCUT2D eigenvalue weighted by Gasteiger charge is -2.12. The number of carbonyl (C=O) groups excluding carboxylic acids is 1. The molecule has 8 nitrogen and oxygen atoms in total. The van der Waals surface area contributed by atoms with Crippen LogP contribution in [0.15, 0.2) is 36.5 Å². The number of carbonyl (C=O) groups is 1. The maximum absolute atomic E-state index is 11.1. The van der Waals surface area contributed by atoms with Gasteiger partial charge in [-0.2, -0.15) is 0 Å². The summed E-state index contributed by atoms with van der Waals surface area (Å²) in [5, 5.41) is 16.3. The molecule has 114 valence electrons. The number of amides is 1. The third kappa shape index (κ3) is 3.69. The van der Waals surface area contributed by atoms with E-state index in [-0.39, 0.29) is 11.6 Å².